The zero-order valence-electron chi connectivity index (χ0n) is 16.7. The molecule has 162 valence electrons. The average Bonchev–Trinajstić information content (AvgIpc) is 2.75. The van der Waals surface area contributed by atoms with Crippen molar-refractivity contribution in [3.8, 4) is 22.6 Å². The molecule has 0 amide bonds. The Balaban J connectivity index is 0.00000171. The smallest absolute Gasteiger partial charge is 0.336 e. The van der Waals surface area contributed by atoms with Crippen molar-refractivity contribution >= 4 is 35.8 Å². The summed E-state index contributed by atoms with van der Waals surface area (Å²) in [6.07, 6.45) is 3.49. The number of phenolic OH excluding ortho intramolecular Hbond substituents is 1. The zero-order valence-corrected chi connectivity index (χ0v) is 18.3. The molecule has 2 aromatic heterocycles. The van der Waals surface area contributed by atoms with Gasteiger partial charge in [-0.1, -0.05) is 18.2 Å². The largest absolute Gasteiger partial charge is 0.507 e. The Morgan fingerprint density at radius 1 is 1.06 bits per heavy atom. The van der Waals surface area contributed by atoms with Crippen molar-refractivity contribution in [3.05, 3.63) is 88.5 Å². The number of nitrogens with zero attached hydrogens (tertiary/aromatic N) is 1. The molecular formula is C23H22Cl2N2O4. The van der Waals surface area contributed by atoms with E-state index in [-0.39, 0.29) is 30.6 Å². The lowest BCUT2D eigenvalue weighted by atomic mass is 9.99. The molecule has 0 aliphatic rings. The van der Waals surface area contributed by atoms with E-state index in [9.17, 15) is 9.90 Å². The van der Waals surface area contributed by atoms with E-state index in [0.717, 1.165) is 27.8 Å². The Kier molecular flexibility index (Phi) is 8.45. The number of fused-ring (bicyclic) bond motifs is 1. The van der Waals surface area contributed by atoms with E-state index in [4.69, 9.17) is 9.15 Å². The number of aromatic hydroxyl groups is 1. The van der Waals surface area contributed by atoms with E-state index < -0.39 is 5.63 Å². The van der Waals surface area contributed by atoms with Gasteiger partial charge in [0.15, 0.2) is 0 Å². The van der Waals surface area contributed by atoms with Gasteiger partial charge in [-0.05, 0) is 47.0 Å². The van der Waals surface area contributed by atoms with Gasteiger partial charge in [-0.3, -0.25) is 4.98 Å². The van der Waals surface area contributed by atoms with Gasteiger partial charge in [0.05, 0.1) is 12.7 Å². The van der Waals surface area contributed by atoms with Gasteiger partial charge in [-0.15, -0.1) is 24.8 Å². The molecular weight excluding hydrogens is 439 g/mol. The van der Waals surface area contributed by atoms with Crippen LogP contribution in [-0.2, 0) is 13.1 Å². The molecule has 2 N–H and O–H groups in total. The molecule has 4 aromatic rings. The number of nitrogens with one attached hydrogen (secondary N) is 1. The van der Waals surface area contributed by atoms with Gasteiger partial charge in [0.1, 0.15) is 17.1 Å². The molecule has 2 aromatic carbocycles. The number of benzene rings is 2. The standard InChI is InChI=1S/C23H20N2O4.2ClH/c1-28-17-6-4-16(5-7-17)19-11-22(27)29-23-18(19)8-9-21(26)20(23)14-25-13-15-3-2-10-24-12-15;;/h2-12,25-26H,13-14H2,1H3;2*1H. The van der Waals surface area contributed by atoms with Crippen molar-refractivity contribution in [2.75, 3.05) is 7.11 Å². The second-order valence-electron chi connectivity index (χ2n) is 6.61. The van der Waals surface area contributed by atoms with Crippen LogP contribution in [0.5, 0.6) is 11.5 Å². The fourth-order valence-corrected chi connectivity index (χ4v) is 3.29. The lowest BCUT2D eigenvalue weighted by Crippen LogP contribution is -2.13. The average molecular weight is 461 g/mol. The summed E-state index contributed by atoms with van der Waals surface area (Å²) < 4.78 is 10.7. The normalized spacial score (nSPS) is 10.2. The maximum Gasteiger partial charge on any atom is 0.336 e. The minimum absolute atomic E-state index is 0. The molecule has 0 spiro atoms. The molecule has 0 atom stereocenters. The van der Waals surface area contributed by atoms with Crippen molar-refractivity contribution in [2.24, 2.45) is 0 Å². The summed E-state index contributed by atoms with van der Waals surface area (Å²) in [5.41, 5.74) is 3.08. The first-order chi connectivity index (χ1) is 14.2. The molecule has 0 fully saturated rings. The number of hydrogen-bond acceptors (Lipinski definition) is 6. The quantitative estimate of drug-likeness (QED) is 0.405. The topological polar surface area (TPSA) is 84.6 Å². The number of phenols is 1. The van der Waals surface area contributed by atoms with Gasteiger partial charge in [0.25, 0.3) is 0 Å². The summed E-state index contributed by atoms with van der Waals surface area (Å²) in [5.74, 6) is 0.810. The van der Waals surface area contributed by atoms with Crippen LogP contribution in [-0.4, -0.2) is 17.2 Å². The van der Waals surface area contributed by atoms with Crippen LogP contribution in [0.3, 0.4) is 0 Å². The van der Waals surface area contributed by atoms with Crippen LogP contribution in [0.15, 0.2) is 76.2 Å². The summed E-state index contributed by atoms with van der Waals surface area (Å²) in [6, 6.07) is 16.1. The van der Waals surface area contributed by atoms with Crippen LogP contribution in [0.25, 0.3) is 22.1 Å². The summed E-state index contributed by atoms with van der Waals surface area (Å²) in [5, 5.41) is 14.4. The van der Waals surface area contributed by atoms with Gasteiger partial charge in [-0.2, -0.15) is 0 Å². The van der Waals surface area contributed by atoms with Crippen LogP contribution in [0.4, 0.5) is 0 Å². The van der Waals surface area contributed by atoms with Crippen LogP contribution in [0.1, 0.15) is 11.1 Å². The lowest BCUT2D eigenvalue weighted by Gasteiger charge is -2.12. The summed E-state index contributed by atoms with van der Waals surface area (Å²) in [7, 11) is 1.61. The van der Waals surface area contributed by atoms with Gasteiger partial charge in [0.2, 0.25) is 0 Å². The van der Waals surface area contributed by atoms with Crippen LogP contribution in [0.2, 0.25) is 0 Å². The fraction of sp³-hybridized carbons (Fsp3) is 0.130. The summed E-state index contributed by atoms with van der Waals surface area (Å²) in [4.78, 5) is 16.3. The second-order valence-corrected chi connectivity index (χ2v) is 6.61. The number of ether oxygens (including phenoxy) is 1. The number of hydrogen-bond donors (Lipinski definition) is 2. The van der Waals surface area contributed by atoms with Crippen molar-refractivity contribution in [1.29, 1.82) is 0 Å². The molecule has 0 radical (unpaired) electrons. The highest BCUT2D eigenvalue weighted by atomic mass is 35.5. The number of methoxy groups -OCH3 is 1. The molecule has 2 heterocycles. The Hall–Kier alpha value is -3.06. The molecule has 0 unspecified atom stereocenters. The van der Waals surface area contributed by atoms with E-state index in [0.29, 0.717) is 24.2 Å². The van der Waals surface area contributed by atoms with Gasteiger partial charge < -0.3 is 19.6 Å². The number of rotatable bonds is 6. The first-order valence-corrected chi connectivity index (χ1v) is 9.18. The number of pyridine rings is 1. The predicted molar refractivity (Wildman–Crippen MR) is 125 cm³/mol. The molecule has 8 heteroatoms. The molecule has 4 rings (SSSR count). The molecule has 0 bridgehead atoms. The van der Waals surface area contributed by atoms with Crippen LogP contribution >= 0.6 is 24.8 Å². The van der Waals surface area contributed by atoms with Gasteiger partial charge >= 0.3 is 5.63 Å². The number of aromatic nitrogens is 1. The Labute approximate surface area is 191 Å². The summed E-state index contributed by atoms with van der Waals surface area (Å²) >= 11 is 0. The van der Waals surface area contributed by atoms with E-state index in [1.807, 2.05) is 36.4 Å². The third-order valence-corrected chi connectivity index (χ3v) is 4.75. The minimum atomic E-state index is -0.470. The Morgan fingerprint density at radius 3 is 2.52 bits per heavy atom. The van der Waals surface area contributed by atoms with Crippen LogP contribution in [0, 0.1) is 0 Å². The van der Waals surface area contributed by atoms with Crippen molar-refractivity contribution in [1.82, 2.24) is 10.3 Å². The lowest BCUT2D eigenvalue weighted by molar-refractivity contribution is 0.415. The molecule has 31 heavy (non-hydrogen) atoms. The highest BCUT2D eigenvalue weighted by Gasteiger charge is 2.15. The van der Waals surface area contributed by atoms with Crippen LogP contribution < -0.4 is 15.7 Å². The monoisotopic (exact) mass is 460 g/mol. The third-order valence-electron chi connectivity index (χ3n) is 4.75. The third kappa shape index (κ3) is 5.35. The maximum atomic E-state index is 12.3. The van der Waals surface area contributed by atoms with E-state index in [1.165, 1.54) is 6.07 Å². The minimum Gasteiger partial charge on any atom is -0.507 e. The SMILES string of the molecule is COc1ccc(-c2cc(=O)oc3c(CNCc4cccnc4)c(O)ccc23)cc1.Cl.Cl. The molecule has 0 aliphatic heterocycles. The van der Waals surface area contributed by atoms with E-state index >= 15 is 0 Å². The van der Waals surface area contributed by atoms with Crippen molar-refractivity contribution < 1.29 is 14.3 Å². The van der Waals surface area contributed by atoms with Gasteiger partial charge in [0, 0.05) is 36.9 Å². The Morgan fingerprint density at radius 2 is 1.84 bits per heavy atom. The Bertz CT molecular complexity index is 1200. The second kappa shape index (κ2) is 10.8. The number of halogens is 2. The van der Waals surface area contributed by atoms with Gasteiger partial charge in [-0.25, -0.2) is 4.79 Å². The summed E-state index contributed by atoms with van der Waals surface area (Å²) in [6.45, 7) is 0.916. The van der Waals surface area contributed by atoms with E-state index in [1.54, 1.807) is 31.6 Å². The fourth-order valence-electron chi connectivity index (χ4n) is 3.29. The predicted octanol–water partition coefficient (Wildman–Crippen LogP) is 4.70. The highest BCUT2D eigenvalue weighted by molar-refractivity contribution is 5.95. The first kappa shape index (κ1) is 24.2. The molecule has 0 aliphatic carbocycles. The van der Waals surface area contributed by atoms with Crippen molar-refractivity contribution in [3.63, 3.8) is 0 Å². The van der Waals surface area contributed by atoms with E-state index in [2.05, 4.69) is 10.3 Å². The highest BCUT2D eigenvalue weighted by Crippen LogP contribution is 2.33. The molecule has 6 nitrogen and oxygen atoms in total. The molecule has 0 saturated heterocycles. The molecule has 0 saturated carbocycles. The maximum absolute atomic E-state index is 12.3. The first-order valence-electron chi connectivity index (χ1n) is 9.18. The van der Waals surface area contributed by atoms with Crippen molar-refractivity contribution in [2.45, 2.75) is 13.1 Å². The zero-order chi connectivity index (χ0) is 20.2.